The third kappa shape index (κ3) is 2.65. The number of aromatic nitrogens is 2. The van der Waals surface area contributed by atoms with E-state index in [0.29, 0.717) is 16.1 Å². The highest BCUT2D eigenvalue weighted by molar-refractivity contribution is 6.31. The van der Waals surface area contributed by atoms with Gasteiger partial charge in [-0.3, -0.25) is 4.68 Å². The number of nitrogens with zero attached hydrogens (tertiary/aromatic N) is 2. The molecule has 1 atom stereocenters. The fraction of sp³-hybridized carbons (Fsp3) is 0.250. The first-order chi connectivity index (χ1) is 8.08. The van der Waals surface area contributed by atoms with Crippen LogP contribution in [0, 0.1) is 5.82 Å². The zero-order chi connectivity index (χ0) is 12.4. The topological polar surface area (TPSA) is 38.1 Å². The highest BCUT2D eigenvalue weighted by atomic mass is 35.5. The predicted molar refractivity (Wildman–Crippen MR) is 63.4 cm³/mol. The average molecular weight is 255 g/mol. The molecule has 2 rings (SSSR count). The van der Waals surface area contributed by atoms with Crippen LogP contribution in [0.1, 0.15) is 24.2 Å². The van der Waals surface area contributed by atoms with Crippen LogP contribution in [0.25, 0.3) is 0 Å². The first kappa shape index (κ1) is 12.1. The fourth-order valence-corrected chi connectivity index (χ4v) is 1.75. The summed E-state index contributed by atoms with van der Waals surface area (Å²) in [6.07, 6.45) is 2.65. The molecule has 2 aromatic rings. The van der Waals surface area contributed by atoms with Gasteiger partial charge in [-0.1, -0.05) is 17.7 Å². The molecule has 0 amide bonds. The Morgan fingerprint density at radius 1 is 1.53 bits per heavy atom. The van der Waals surface area contributed by atoms with E-state index in [1.54, 1.807) is 36.1 Å². The molecule has 1 N–H and O–H groups in total. The van der Waals surface area contributed by atoms with Gasteiger partial charge in [0.15, 0.2) is 0 Å². The third-order valence-corrected chi connectivity index (χ3v) is 2.87. The minimum atomic E-state index is -0.583. The van der Waals surface area contributed by atoms with Crippen LogP contribution in [0.5, 0.6) is 0 Å². The van der Waals surface area contributed by atoms with Crippen molar-refractivity contribution in [2.45, 2.75) is 19.6 Å². The maximum Gasteiger partial charge on any atom is 0.129 e. The molecule has 0 spiro atoms. The molecular formula is C12H12ClFN2O. The van der Waals surface area contributed by atoms with Gasteiger partial charge in [-0.25, -0.2) is 4.39 Å². The van der Waals surface area contributed by atoms with Gasteiger partial charge in [-0.15, -0.1) is 0 Å². The zero-order valence-electron chi connectivity index (χ0n) is 9.27. The van der Waals surface area contributed by atoms with Gasteiger partial charge in [0.1, 0.15) is 5.82 Å². The molecule has 17 heavy (non-hydrogen) atoms. The standard InChI is InChI=1S/C12H12ClFN2O/c1-8(17)9-5-15-16(6-9)7-10-11(13)3-2-4-12(10)14/h2-6,8,17H,7H2,1H3. The van der Waals surface area contributed by atoms with E-state index in [1.807, 2.05) is 0 Å². The van der Waals surface area contributed by atoms with Crippen molar-refractivity contribution < 1.29 is 9.50 Å². The lowest BCUT2D eigenvalue weighted by molar-refractivity contribution is 0.199. The second kappa shape index (κ2) is 4.85. The van der Waals surface area contributed by atoms with Gasteiger partial charge in [0, 0.05) is 22.3 Å². The van der Waals surface area contributed by atoms with Crippen LogP contribution in [0.3, 0.4) is 0 Å². The van der Waals surface area contributed by atoms with Crippen molar-refractivity contribution in [3.63, 3.8) is 0 Å². The number of halogens is 2. The molecular weight excluding hydrogens is 243 g/mol. The lowest BCUT2D eigenvalue weighted by atomic mass is 10.2. The Morgan fingerprint density at radius 3 is 2.88 bits per heavy atom. The Kier molecular flexibility index (Phi) is 3.45. The second-order valence-corrected chi connectivity index (χ2v) is 4.25. The van der Waals surface area contributed by atoms with Crippen LogP contribution in [-0.2, 0) is 6.54 Å². The summed E-state index contributed by atoms with van der Waals surface area (Å²) >= 11 is 5.92. The van der Waals surface area contributed by atoms with Crippen molar-refractivity contribution in [3.8, 4) is 0 Å². The summed E-state index contributed by atoms with van der Waals surface area (Å²) in [5.74, 6) is -0.355. The monoisotopic (exact) mass is 254 g/mol. The Labute approximate surface area is 103 Å². The van der Waals surface area contributed by atoms with Crippen molar-refractivity contribution in [3.05, 3.63) is 52.6 Å². The summed E-state index contributed by atoms with van der Waals surface area (Å²) in [5.41, 5.74) is 1.09. The van der Waals surface area contributed by atoms with E-state index in [2.05, 4.69) is 5.10 Å². The van der Waals surface area contributed by atoms with Crippen molar-refractivity contribution in [1.29, 1.82) is 0 Å². The number of aliphatic hydroxyl groups is 1. The van der Waals surface area contributed by atoms with Gasteiger partial charge in [0.25, 0.3) is 0 Å². The predicted octanol–water partition coefficient (Wildman–Crippen LogP) is 2.78. The minimum absolute atomic E-state index is 0.248. The summed E-state index contributed by atoms with van der Waals surface area (Å²) in [5, 5.41) is 13.8. The van der Waals surface area contributed by atoms with Crippen LogP contribution in [-0.4, -0.2) is 14.9 Å². The largest absolute Gasteiger partial charge is 0.389 e. The van der Waals surface area contributed by atoms with E-state index in [4.69, 9.17) is 11.6 Å². The minimum Gasteiger partial charge on any atom is -0.389 e. The first-order valence-corrected chi connectivity index (χ1v) is 5.59. The lowest BCUT2D eigenvalue weighted by Crippen LogP contribution is -2.03. The molecule has 1 aromatic heterocycles. The molecule has 0 aliphatic heterocycles. The van der Waals surface area contributed by atoms with E-state index in [0.717, 1.165) is 0 Å². The maximum atomic E-state index is 13.5. The Balaban J connectivity index is 2.25. The van der Waals surface area contributed by atoms with Crippen molar-refractivity contribution in [1.82, 2.24) is 9.78 Å². The van der Waals surface area contributed by atoms with Crippen molar-refractivity contribution in [2.24, 2.45) is 0 Å². The van der Waals surface area contributed by atoms with Gasteiger partial charge in [-0.2, -0.15) is 5.10 Å². The fourth-order valence-electron chi connectivity index (χ4n) is 1.53. The van der Waals surface area contributed by atoms with Crippen LogP contribution in [0.2, 0.25) is 5.02 Å². The third-order valence-electron chi connectivity index (χ3n) is 2.52. The summed E-state index contributed by atoms with van der Waals surface area (Å²) in [7, 11) is 0. The highest BCUT2D eigenvalue weighted by Gasteiger charge is 2.09. The molecule has 0 fully saturated rings. The number of hydrogen-bond acceptors (Lipinski definition) is 2. The van der Waals surface area contributed by atoms with E-state index in [-0.39, 0.29) is 12.4 Å². The molecule has 0 saturated carbocycles. The van der Waals surface area contributed by atoms with Crippen molar-refractivity contribution >= 4 is 11.6 Å². The van der Waals surface area contributed by atoms with Gasteiger partial charge < -0.3 is 5.11 Å². The van der Waals surface area contributed by atoms with E-state index in [1.165, 1.54) is 6.07 Å². The van der Waals surface area contributed by atoms with E-state index in [9.17, 15) is 9.50 Å². The van der Waals surface area contributed by atoms with E-state index < -0.39 is 6.10 Å². The van der Waals surface area contributed by atoms with Crippen LogP contribution < -0.4 is 0 Å². The normalized spacial score (nSPS) is 12.7. The molecule has 3 nitrogen and oxygen atoms in total. The SMILES string of the molecule is CC(O)c1cnn(Cc2c(F)cccc2Cl)c1. The summed E-state index contributed by atoms with van der Waals surface area (Å²) < 4.78 is 15.1. The highest BCUT2D eigenvalue weighted by Crippen LogP contribution is 2.20. The van der Waals surface area contributed by atoms with E-state index >= 15 is 0 Å². The number of aliphatic hydroxyl groups excluding tert-OH is 1. The maximum absolute atomic E-state index is 13.5. The smallest absolute Gasteiger partial charge is 0.129 e. The molecule has 0 aliphatic rings. The Bertz CT molecular complexity index is 505. The second-order valence-electron chi connectivity index (χ2n) is 3.85. The molecule has 90 valence electrons. The zero-order valence-corrected chi connectivity index (χ0v) is 10.0. The Hall–Kier alpha value is -1.39. The van der Waals surface area contributed by atoms with Gasteiger partial charge in [-0.05, 0) is 19.1 Å². The summed E-state index contributed by atoms with van der Waals surface area (Å²) in [4.78, 5) is 0. The van der Waals surface area contributed by atoms with Crippen molar-refractivity contribution in [2.75, 3.05) is 0 Å². The molecule has 1 unspecified atom stereocenters. The number of rotatable bonds is 3. The van der Waals surface area contributed by atoms with Gasteiger partial charge in [0.05, 0.1) is 18.8 Å². The van der Waals surface area contributed by atoms with Crippen LogP contribution in [0.4, 0.5) is 4.39 Å². The van der Waals surface area contributed by atoms with Crippen LogP contribution >= 0.6 is 11.6 Å². The molecule has 0 aliphatic carbocycles. The molecule has 0 radical (unpaired) electrons. The summed E-state index contributed by atoms with van der Waals surface area (Å²) in [6.45, 7) is 1.90. The quantitative estimate of drug-likeness (QED) is 0.915. The first-order valence-electron chi connectivity index (χ1n) is 5.21. The summed E-state index contributed by atoms with van der Waals surface area (Å²) in [6, 6.07) is 4.56. The molecule has 0 saturated heterocycles. The lowest BCUT2D eigenvalue weighted by Gasteiger charge is -2.05. The molecule has 0 bridgehead atoms. The number of benzene rings is 1. The molecule has 5 heteroatoms. The van der Waals surface area contributed by atoms with Crippen LogP contribution in [0.15, 0.2) is 30.6 Å². The molecule has 1 aromatic carbocycles. The van der Waals surface area contributed by atoms with Gasteiger partial charge in [0.2, 0.25) is 0 Å². The van der Waals surface area contributed by atoms with Gasteiger partial charge >= 0.3 is 0 Å². The Morgan fingerprint density at radius 2 is 2.29 bits per heavy atom. The molecule has 1 heterocycles. The average Bonchev–Trinajstić information content (AvgIpc) is 2.72. The number of hydrogen-bond donors (Lipinski definition) is 1.